The molecule has 19 heavy (non-hydrogen) atoms. The summed E-state index contributed by atoms with van der Waals surface area (Å²) in [4.78, 5) is 4.78. The first kappa shape index (κ1) is 15.1. The zero-order valence-electron chi connectivity index (χ0n) is 12.6. The maximum absolute atomic E-state index is 6.35. The Kier molecular flexibility index (Phi) is 4.13. The summed E-state index contributed by atoms with van der Waals surface area (Å²) in [5.74, 6) is 0. The van der Waals surface area contributed by atoms with E-state index in [0.717, 1.165) is 19.3 Å². The molecule has 0 N–H and O–H groups in total. The number of hydrogen-bond donors (Lipinski definition) is 0. The van der Waals surface area contributed by atoms with Crippen molar-refractivity contribution in [1.82, 2.24) is 4.98 Å². The molecule has 0 amide bonds. The van der Waals surface area contributed by atoms with Crippen LogP contribution in [0.15, 0.2) is 17.0 Å². The molecule has 106 valence electrons. The van der Waals surface area contributed by atoms with E-state index in [-0.39, 0.29) is 10.8 Å². The fraction of sp³-hybridized carbons (Fsp3) is 0.688. The van der Waals surface area contributed by atoms with Gasteiger partial charge in [0.15, 0.2) is 0 Å². The van der Waals surface area contributed by atoms with Gasteiger partial charge in [-0.3, -0.25) is 0 Å². The summed E-state index contributed by atoms with van der Waals surface area (Å²) < 4.78 is 0. The molecule has 0 aliphatic heterocycles. The monoisotopic (exact) mass is 297 g/mol. The molecule has 1 atom stereocenters. The molecule has 1 aromatic rings. The van der Waals surface area contributed by atoms with Gasteiger partial charge >= 0.3 is 0 Å². The molecule has 1 aliphatic rings. The fourth-order valence-electron chi connectivity index (χ4n) is 2.64. The van der Waals surface area contributed by atoms with Crippen LogP contribution in [0.2, 0.25) is 0 Å². The van der Waals surface area contributed by atoms with Gasteiger partial charge in [-0.1, -0.05) is 46.3 Å². The van der Waals surface area contributed by atoms with Gasteiger partial charge in [0, 0.05) is 17.2 Å². The van der Waals surface area contributed by atoms with Crippen LogP contribution in [-0.4, -0.2) is 10.4 Å². The third-order valence-electron chi connectivity index (χ3n) is 3.57. The number of halogens is 1. The Morgan fingerprint density at radius 2 is 2.11 bits per heavy atom. The van der Waals surface area contributed by atoms with Crippen LogP contribution in [0.1, 0.15) is 58.2 Å². The van der Waals surface area contributed by atoms with Crippen molar-refractivity contribution in [2.75, 3.05) is 0 Å². The number of allylic oxidation sites excluding steroid dienone is 2. The fourth-order valence-corrected chi connectivity index (χ4v) is 4.31. The van der Waals surface area contributed by atoms with Gasteiger partial charge in [-0.2, -0.15) is 0 Å². The minimum absolute atomic E-state index is 0.143. The predicted molar refractivity (Wildman–Crippen MR) is 85.3 cm³/mol. The summed E-state index contributed by atoms with van der Waals surface area (Å²) in [7, 11) is 0. The number of thiazole rings is 1. The highest BCUT2D eigenvalue weighted by Gasteiger charge is 2.28. The summed E-state index contributed by atoms with van der Waals surface area (Å²) in [6.45, 7) is 11.2. The van der Waals surface area contributed by atoms with Crippen LogP contribution < -0.4 is 0 Å². The Hall–Kier alpha value is -0.340. The molecule has 1 aromatic heterocycles. The van der Waals surface area contributed by atoms with E-state index in [1.807, 2.05) is 0 Å². The molecule has 1 nitrogen and oxygen atoms in total. The Labute approximate surface area is 126 Å². The lowest BCUT2D eigenvalue weighted by atomic mass is 9.76. The highest BCUT2D eigenvalue weighted by atomic mass is 35.5. The molecule has 0 saturated heterocycles. The minimum atomic E-state index is 0.143. The number of aromatic nitrogens is 1. The summed E-state index contributed by atoms with van der Waals surface area (Å²) in [6.07, 6.45) is 5.42. The molecule has 3 heteroatoms. The van der Waals surface area contributed by atoms with Crippen molar-refractivity contribution in [2.24, 2.45) is 5.41 Å². The average molecular weight is 298 g/mol. The predicted octanol–water partition coefficient (Wildman–Crippen LogP) is 5.34. The second-order valence-corrected chi connectivity index (χ2v) is 8.94. The van der Waals surface area contributed by atoms with E-state index in [0.29, 0.717) is 5.41 Å². The topological polar surface area (TPSA) is 12.9 Å². The molecule has 1 heterocycles. The van der Waals surface area contributed by atoms with E-state index in [1.54, 1.807) is 11.3 Å². The first-order chi connectivity index (χ1) is 8.66. The van der Waals surface area contributed by atoms with Crippen molar-refractivity contribution in [3.63, 3.8) is 0 Å². The molecule has 0 aromatic carbocycles. The van der Waals surface area contributed by atoms with Gasteiger partial charge in [0.05, 0.1) is 16.1 Å². The van der Waals surface area contributed by atoms with Crippen molar-refractivity contribution in [3.05, 3.63) is 27.7 Å². The van der Waals surface area contributed by atoms with Crippen molar-refractivity contribution in [2.45, 2.75) is 64.7 Å². The van der Waals surface area contributed by atoms with E-state index in [9.17, 15) is 0 Å². The zero-order chi connectivity index (χ0) is 14.3. The molecule has 2 rings (SSSR count). The largest absolute Gasteiger partial charge is 0.245 e. The van der Waals surface area contributed by atoms with Crippen molar-refractivity contribution < 1.29 is 0 Å². The van der Waals surface area contributed by atoms with Gasteiger partial charge in [0.1, 0.15) is 0 Å². The van der Waals surface area contributed by atoms with E-state index < -0.39 is 0 Å². The van der Waals surface area contributed by atoms with Crippen LogP contribution in [0.3, 0.4) is 0 Å². The molecule has 0 saturated carbocycles. The quantitative estimate of drug-likeness (QED) is 0.530. The van der Waals surface area contributed by atoms with Gasteiger partial charge in [0.25, 0.3) is 0 Å². The van der Waals surface area contributed by atoms with Crippen LogP contribution in [0, 0.1) is 5.41 Å². The molecule has 1 unspecified atom stereocenters. The maximum atomic E-state index is 6.35. The van der Waals surface area contributed by atoms with Crippen LogP contribution in [-0.2, 0) is 11.8 Å². The van der Waals surface area contributed by atoms with Crippen LogP contribution in [0.4, 0.5) is 0 Å². The van der Waals surface area contributed by atoms with Gasteiger partial charge in [-0.25, -0.2) is 4.98 Å². The summed E-state index contributed by atoms with van der Waals surface area (Å²) >= 11 is 8.12. The molecule has 0 bridgehead atoms. The van der Waals surface area contributed by atoms with Gasteiger partial charge < -0.3 is 0 Å². The number of alkyl halides is 1. The maximum Gasteiger partial charge on any atom is 0.0969 e. The van der Waals surface area contributed by atoms with Crippen molar-refractivity contribution >= 4 is 22.9 Å². The summed E-state index contributed by atoms with van der Waals surface area (Å²) in [6, 6.07) is 0. The summed E-state index contributed by atoms with van der Waals surface area (Å²) in [5, 5.41) is 3.60. The van der Waals surface area contributed by atoms with E-state index in [2.05, 4.69) is 46.1 Å². The third kappa shape index (κ3) is 4.06. The standard InChI is InChI=1S/C16H24ClNS/c1-15(2,3)13-10-19-14(18-13)7-11-6-12(17)9-16(4,5)8-11/h6,10,12H,7-9H2,1-5H3. The SMILES string of the molecule is CC1(C)CC(Cc2nc(C(C)(C)C)cs2)=CC(Cl)C1. The van der Waals surface area contributed by atoms with Crippen molar-refractivity contribution in [1.29, 1.82) is 0 Å². The van der Waals surface area contributed by atoms with E-state index in [4.69, 9.17) is 16.6 Å². The number of hydrogen-bond acceptors (Lipinski definition) is 2. The normalized spacial score (nSPS) is 23.3. The average Bonchev–Trinajstić information content (AvgIpc) is 2.61. The van der Waals surface area contributed by atoms with Crippen LogP contribution in [0.25, 0.3) is 0 Å². The first-order valence-corrected chi connectivity index (χ1v) is 8.26. The number of nitrogens with zero attached hydrogens (tertiary/aromatic N) is 1. The van der Waals surface area contributed by atoms with Crippen LogP contribution in [0.5, 0.6) is 0 Å². The van der Waals surface area contributed by atoms with Gasteiger partial charge in [-0.05, 0) is 18.3 Å². The lowest BCUT2D eigenvalue weighted by Crippen LogP contribution is -2.22. The van der Waals surface area contributed by atoms with Crippen molar-refractivity contribution in [3.8, 4) is 0 Å². The van der Waals surface area contributed by atoms with E-state index in [1.165, 1.54) is 16.3 Å². The lowest BCUT2D eigenvalue weighted by molar-refractivity contribution is 0.320. The minimum Gasteiger partial charge on any atom is -0.245 e. The lowest BCUT2D eigenvalue weighted by Gasteiger charge is -2.32. The Balaban J connectivity index is 2.11. The molecule has 1 aliphatic carbocycles. The molecule has 0 spiro atoms. The van der Waals surface area contributed by atoms with Gasteiger partial charge in [-0.15, -0.1) is 22.9 Å². The van der Waals surface area contributed by atoms with Gasteiger partial charge in [0.2, 0.25) is 0 Å². The highest BCUT2D eigenvalue weighted by molar-refractivity contribution is 7.09. The Morgan fingerprint density at radius 1 is 1.42 bits per heavy atom. The molecular formula is C16H24ClNS. The third-order valence-corrected chi connectivity index (χ3v) is 4.70. The Bertz CT molecular complexity index is 479. The smallest absolute Gasteiger partial charge is 0.0969 e. The van der Waals surface area contributed by atoms with E-state index >= 15 is 0 Å². The zero-order valence-corrected chi connectivity index (χ0v) is 14.2. The summed E-state index contributed by atoms with van der Waals surface area (Å²) in [5.41, 5.74) is 3.11. The van der Waals surface area contributed by atoms with Crippen LogP contribution >= 0.6 is 22.9 Å². The number of rotatable bonds is 2. The molecule has 0 radical (unpaired) electrons. The first-order valence-electron chi connectivity index (χ1n) is 6.94. The second-order valence-electron chi connectivity index (χ2n) is 7.44. The molecule has 0 fully saturated rings. The molecular weight excluding hydrogens is 274 g/mol. The Morgan fingerprint density at radius 3 is 2.63 bits per heavy atom. The highest BCUT2D eigenvalue weighted by Crippen LogP contribution is 2.38. The second kappa shape index (κ2) is 5.21.